The molecule has 100 valence electrons. The van der Waals surface area contributed by atoms with Crippen LogP contribution in [0.15, 0.2) is 48.5 Å². The van der Waals surface area contributed by atoms with Gasteiger partial charge in [-0.25, -0.2) is 4.79 Å². The third kappa shape index (κ3) is 4.47. The highest BCUT2D eigenvalue weighted by Crippen LogP contribution is 2.14. The summed E-state index contributed by atoms with van der Waals surface area (Å²) in [7, 11) is 0. The molecule has 2 aromatic carbocycles. The molecule has 2 rings (SSSR count). The van der Waals surface area contributed by atoms with E-state index in [4.69, 9.17) is 16.7 Å². The van der Waals surface area contributed by atoms with Crippen LogP contribution in [-0.2, 0) is 6.54 Å². The van der Waals surface area contributed by atoms with Gasteiger partial charge < -0.3 is 22.8 Å². The third-order valence-electron chi connectivity index (χ3n) is 2.52. The lowest BCUT2D eigenvalue weighted by molar-refractivity contribution is -0.0000190. The average molecular weight is 297 g/mol. The molecule has 0 saturated carbocycles. The van der Waals surface area contributed by atoms with Gasteiger partial charge in [0.1, 0.15) is 0 Å². The van der Waals surface area contributed by atoms with Gasteiger partial charge in [0.05, 0.1) is 5.56 Å². The standard InChI is InChI=1S/C14H12ClNO2.ClH/c15-12-6-4-10(5-7-12)9-16-13-3-1-2-11(8-13)14(17)18;/h1-8,16H,9H2,(H,17,18);1H/p-1. The second-order valence-electron chi connectivity index (χ2n) is 3.87. The fourth-order valence-corrected chi connectivity index (χ4v) is 1.69. The van der Waals surface area contributed by atoms with E-state index in [1.54, 1.807) is 18.2 Å². The number of nitrogens with one attached hydrogen (secondary N) is 1. The number of aromatic carboxylic acids is 1. The molecule has 0 aromatic heterocycles. The number of rotatable bonds is 4. The van der Waals surface area contributed by atoms with Crippen molar-refractivity contribution in [1.29, 1.82) is 0 Å². The van der Waals surface area contributed by atoms with Crippen molar-refractivity contribution < 1.29 is 22.3 Å². The summed E-state index contributed by atoms with van der Waals surface area (Å²) in [4.78, 5) is 10.8. The Balaban J connectivity index is 0.00000180. The molecule has 5 heteroatoms. The molecule has 0 atom stereocenters. The lowest BCUT2D eigenvalue weighted by atomic mass is 10.2. The number of hydrogen-bond donors (Lipinski definition) is 2. The number of halogens is 2. The van der Waals surface area contributed by atoms with Crippen LogP contribution in [0.3, 0.4) is 0 Å². The average Bonchev–Trinajstić information content (AvgIpc) is 2.38. The Morgan fingerprint density at radius 2 is 1.84 bits per heavy atom. The molecule has 3 nitrogen and oxygen atoms in total. The van der Waals surface area contributed by atoms with Crippen molar-refractivity contribution in [3.05, 3.63) is 64.7 Å². The van der Waals surface area contributed by atoms with Crippen LogP contribution in [0, 0.1) is 0 Å². The molecule has 2 N–H and O–H groups in total. The maximum Gasteiger partial charge on any atom is 0.335 e. The van der Waals surface area contributed by atoms with E-state index in [0.29, 0.717) is 11.6 Å². The molecular weight excluding hydrogens is 285 g/mol. The molecular formula is C14H12Cl2NO2-. The summed E-state index contributed by atoms with van der Waals surface area (Å²) in [5.74, 6) is -0.926. The van der Waals surface area contributed by atoms with Crippen LogP contribution in [0.25, 0.3) is 0 Å². The molecule has 0 heterocycles. The number of anilines is 1. The minimum atomic E-state index is -0.926. The van der Waals surface area contributed by atoms with E-state index in [9.17, 15) is 4.79 Å². The van der Waals surface area contributed by atoms with Gasteiger partial charge in [0.15, 0.2) is 0 Å². The van der Waals surface area contributed by atoms with Gasteiger partial charge in [-0.05, 0) is 35.9 Å². The number of benzene rings is 2. The van der Waals surface area contributed by atoms with E-state index in [2.05, 4.69) is 5.32 Å². The Labute approximate surface area is 122 Å². The van der Waals surface area contributed by atoms with Crippen LogP contribution in [0.4, 0.5) is 5.69 Å². The monoisotopic (exact) mass is 296 g/mol. The topological polar surface area (TPSA) is 49.3 Å². The minimum absolute atomic E-state index is 0. The molecule has 0 aliphatic heterocycles. The maximum absolute atomic E-state index is 10.8. The fourth-order valence-electron chi connectivity index (χ4n) is 1.57. The lowest BCUT2D eigenvalue weighted by Crippen LogP contribution is -3.00. The Bertz CT molecular complexity index is 556. The Hall–Kier alpha value is -1.71. The first-order valence-corrected chi connectivity index (χ1v) is 5.84. The normalized spacial score (nSPS) is 9.53. The van der Waals surface area contributed by atoms with Crippen LogP contribution < -0.4 is 17.7 Å². The summed E-state index contributed by atoms with van der Waals surface area (Å²) in [6.07, 6.45) is 0. The summed E-state index contributed by atoms with van der Waals surface area (Å²) >= 11 is 5.80. The molecule has 19 heavy (non-hydrogen) atoms. The quantitative estimate of drug-likeness (QED) is 0.871. The van der Waals surface area contributed by atoms with E-state index >= 15 is 0 Å². The molecule has 0 aliphatic rings. The van der Waals surface area contributed by atoms with Crippen molar-refractivity contribution >= 4 is 23.3 Å². The van der Waals surface area contributed by atoms with Crippen LogP contribution in [0.2, 0.25) is 5.02 Å². The number of hydrogen-bond acceptors (Lipinski definition) is 2. The van der Waals surface area contributed by atoms with Crippen molar-refractivity contribution in [2.75, 3.05) is 5.32 Å². The maximum atomic E-state index is 10.8. The van der Waals surface area contributed by atoms with Gasteiger partial charge in [-0.3, -0.25) is 0 Å². The molecule has 0 radical (unpaired) electrons. The minimum Gasteiger partial charge on any atom is -1.00 e. The van der Waals surface area contributed by atoms with E-state index in [0.717, 1.165) is 11.3 Å². The molecule has 2 aromatic rings. The van der Waals surface area contributed by atoms with E-state index in [1.165, 1.54) is 0 Å². The molecule has 0 aliphatic carbocycles. The van der Waals surface area contributed by atoms with Crippen molar-refractivity contribution in [3.63, 3.8) is 0 Å². The van der Waals surface area contributed by atoms with Crippen LogP contribution in [0.1, 0.15) is 15.9 Å². The van der Waals surface area contributed by atoms with Crippen molar-refractivity contribution in [3.8, 4) is 0 Å². The Morgan fingerprint density at radius 3 is 2.47 bits per heavy atom. The Kier molecular flexibility index (Phi) is 5.67. The summed E-state index contributed by atoms with van der Waals surface area (Å²) in [6, 6.07) is 14.2. The molecule has 0 spiro atoms. The first-order valence-electron chi connectivity index (χ1n) is 5.47. The summed E-state index contributed by atoms with van der Waals surface area (Å²) in [5.41, 5.74) is 2.14. The second kappa shape index (κ2) is 7.02. The smallest absolute Gasteiger partial charge is 0.335 e. The van der Waals surface area contributed by atoms with Crippen molar-refractivity contribution in [1.82, 2.24) is 0 Å². The zero-order valence-corrected chi connectivity index (χ0v) is 11.4. The van der Waals surface area contributed by atoms with E-state index in [-0.39, 0.29) is 18.0 Å². The number of carboxylic acid groups (broad SMARTS) is 1. The number of carbonyl (C=O) groups is 1. The predicted octanol–water partition coefficient (Wildman–Crippen LogP) is 0.654. The van der Waals surface area contributed by atoms with Gasteiger partial charge in [-0.15, -0.1) is 0 Å². The lowest BCUT2D eigenvalue weighted by Gasteiger charge is -2.07. The Morgan fingerprint density at radius 1 is 1.16 bits per heavy atom. The van der Waals surface area contributed by atoms with Gasteiger partial charge in [-0.2, -0.15) is 0 Å². The van der Waals surface area contributed by atoms with Gasteiger partial charge >= 0.3 is 5.97 Å². The molecule has 0 fully saturated rings. The molecule has 0 bridgehead atoms. The van der Waals surface area contributed by atoms with E-state index < -0.39 is 5.97 Å². The van der Waals surface area contributed by atoms with Crippen LogP contribution >= 0.6 is 11.6 Å². The highest BCUT2D eigenvalue weighted by atomic mass is 35.5. The largest absolute Gasteiger partial charge is 1.00 e. The highest BCUT2D eigenvalue weighted by Gasteiger charge is 2.02. The first-order chi connectivity index (χ1) is 8.65. The first kappa shape index (κ1) is 15.3. The second-order valence-corrected chi connectivity index (χ2v) is 4.30. The number of carboxylic acids is 1. The molecule has 0 saturated heterocycles. The van der Waals surface area contributed by atoms with Gasteiger partial charge in [0.25, 0.3) is 0 Å². The fraction of sp³-hybridized carbons (Fsp3) is 0.0714. The van der Waals surface area contributed by atoms with Crippen molar-refractivity contribution in [2.24, 2.45) is 0 Å². The van der Waals surface area contributed by atoms with Gasteiger partial charge in [-0.1, -0.05) is 29.8 Å². The summed E-state index contributed by atoms with van der Waals surface area (Å²) in [6.45, 7) is 0.625. The third-order valence-corrected chi connectivity index (χ3v) is 2.77. The van der Waals surface area contributed by atoms with E-state index in [1.807, 2.05) is 30.3 Å². The zero-order chi connectivity index (χ0) is 13.0. The van der Waals surface area contributed by atoms with Crippen molar-refractivity contribution in [2.45, 2.75) is 6.54 Å². The van der Waals surface area contributed by atoms with Gasteiger partial charge in [0.2, 0.25) is 0 Å². The van der Waals surface area contributed by atoms with Crippen LogP contribution in [-0.4, -0.2) is 11.1 Å². The predicted molar refractivity (Wildman–Crippen MR) is 72.2 cm³/mol. The molecule has 0 unspecified atom stereocenters. The zero-order valence-electron chi connectivity index (χ0n) is 9.94. The molecule has 0 amide bonds. The van der Waals surface area contributed by atoms with Gasteiger partial charge in [0, 0.05) is 17.3 Å². The SMILES string of the molecule is O=C(O)c1cccc(NCc2ccc(Cl)cc2)c1.[Cl-]. The summed E-state index contributed by atoms with van der Waals surface area (Å²) in [5, 5.41) is 12.8. The summed E-state index contributed by atoms with van der Waals surface area (Å²) < 4.78 is 0. The van der Waals surface area contributed by atoms with Crippen LogP contribution in [0.5, 0.6) is 0 Å². The highest BCUT2D eigenvalue weighted by molar-refractivity contribution is 6.30.